The van der Waals surface area contributed by atoms with Gasteiger partial charge in [-0.15, -0.1) is 0 Å². The maximum absolute atomic E-state index is 13.1. The number of rotatable bonds is 3. The van der Waals surface area contributed by atoms with Crippen molar-refractivity contribution in [1.82, 2.24) is 15.4 Å². The normalized spacial score (nSPS) is 12.4. The van der Waals surface area contributed by atoms with Crippen LogP contribution in [0.15, 0.2) is 36.9 Å². The van der Waals surface area contributed by atoms with E-state index in [1.807, 2.05) is 13.0 Å². The van der Waals surface area contributed by atoms with Gasteiger partial charge in [0.15, 0.2) is 0 Å². The van der Waals surface area contributed by atoms with Crippen molar-refractivity contribution >= 4 is 0 Å². The SMILES string of the molecule is Cc1cncc(C(NN)c2cncc(F)c2)c1. The monoisotopic (exact) mass is 232 g/mol. The Balaban J connectivity index is 2.40. The van der Waals surface area contributed by atoms with Crippen molar-refractivity contribution in [2.75, 3.05) is 0 Å². The lowest BCUT2D eigenvalue weighted by Gasteiger charge is -2.16. The molecule has 0 saturated heterocycles. The Hall–Kier alpha value is -1.85. The first kappa shape index (κ1) is 11.6. The lowest BCUT2D eigenvalue weighted by molar-refractivity contribution is 0.597. The Kier molecular flexibility index (Phi) is 3.41. The van der Waals surface area contributed by atoms with Gasteiger partial charge in [-0.25, -0.2) is 9.82 Å². The van der Waals surface area contributed by atoms with E-state index in [4.69, 9.17) is 5.84 Å². The minimum absolute atomic E-state index is 0.314. The van der Waals surface area contributed by atoms with Crippen molar-refractivity contribution in [3.05, 3.63) is 59.4 Å². The summed E-state index contributed by atoms with van der Waals surface area (Å²) in [6, 6.07) is 3.04. The molecule has 0 aliphatic carbocycles. The molecule has 2 aromatic rings. The quantitative estimate of drug-likeness (QED) is 0.621. The lowest BCUT2D eigenvalue weighted by Crippen LogP contribution is -2.29. The van der Waals surface area contributed by atoms with Crippen LogP contribution >= 0.6 is 0 Å². The van der Waals surface area contributed by atoms with Crippen molar-refractivity contribution in [3.63, 3.8) is 0 Å². The summed E-state index contributed by atoms with van der Waals surface area (Å²) in [4.78, 5) is 7.90. The maximum Gasteiger partial charge on any atom is 0.141 e. The molecule has 0 amide bonds. The van der Waals surface area contributed by atoms with Crippen LogP contribution in [0.25, 0.3) is 0 Å². The molecule has 0 aromatic carbocycles. The van der Waals surface area contributed by atoms with E-state index < -0.39 is 0 Å². The van der Waals surface area contributed by atoms with Crippen LogP contribution in [-0.2, 0) is 0 Å². The second kappa shape index (κ2) is 4.99. The Bertz CT molecular complexity index is 470. The largest absolute Gasteiger partial charge is 0.271 e. The summed E-state index contributed by atoms with van der Waals surface area (Å²) < 4.78 is 13.1. The van der Waals surface area contributed by atoms with Gasteiger partial charge in [0, 0.05) is 18.6 Å². The molecule has 0 aliphatic rings. The summed E-state index contributed by atoms with van der Waals surface area (Å²) >= 11 is 0. The average molecular weight is 232 g/mol. The maximum atomic E-state index is 13.1. The van der Waals surface area contributed by atoms with Gasteiger partial charge in [0.05, 0.1) is 12.2 Å². The van der Waals surface area contributed by atoms with Crippen molar-refractivity contribution in [2.24, 2.45) is 5.84 Å². The minimum atomic E-state index is -0.386. The predicted molar refractivity (Wildman–Crippen MR) is 62.3 cm³/mol. The number of nitrogens with two attached hydrogens (primary N) is 1. The fourth-order valence-corrected chi connectivity index (χ4v) is 1.71. The van der Waals surface area contributed by atoms with E-state index in [9.17, 15) is 4.39 Å². The van der Waals surface area contributed by atoms with Gasteiger partial charge in [0.2, 0.25) is 0 Å². The molecule has 3 N–H and O–H groups in total. The van der Waals surface area contributed by atoms with Gasteiger partial charge in [-0.1, -0.05) is 6.07 Å². The molecule has 2 heterocycles. The summed E-state index contributed by atoms with van der Waals surface area (Å²) in [7, 11) is 0. The third-order valence-corrected chi connectivity index (χ3v) is 2.46. The molecular weight excluding hydrogens is 219 g/mol. The highest BCUT2D eigenvalue weighted by atomic mass is 19.1. The van der Waals surface area contributed by atoms with Crippen molar-refractivity contribution in [2.45, 2.75) is 13.0 Å². The molecule has 1 unspecified atom stereocenters. The molecule has 0 bridgehead atoms. The fraction of sp³-hybridized carbons (Fsp3) is 0.167. The average Bonchev–Trinajstić information content (AvgIpc) is 2.30. The zero-order valence-corrected chi connectivity index (χ0v) is 9.39. The Morgan fingerprint density at radius 3 is 2.35 bits per heavy atom. The number of aryl methyl sites for hydroxylation is 1. The second-order valence-electron chi connectivity index (χ2n) is 3.83. The molecule has 0 fully saturated rings. The Morgan fingerprint density at radius 1 is 1.12 bits per heavy atom. The van der Waals surface area contributed by atoms with Crippen LogP contribution < -0.4 is 11.3 Å². The van der Waals surface area contributed by atoms with Gasteiger partial charge in [-0.3, -0.25) is 15.8 Å². The number of pyridine rings is 2. The molecule has 0 saturated carbocycles. The number of nitrogens with zero attached hydrogens (tertiary/aromatic N) is 2. The first-order valence-electron chi connectivity index (χ1n) is 5.19. The fourth-order valence-electron chi connectivity index (χ4n) is 1.71. The number of nitrogens with one attached hydrogen (secondary N) is 1. The smallest absolute Gasteiger partial charge is 0.141 e. The van der Waals surface area contributed by atoms with Crippen LogP contribution in [0.5, 0.6) is 0 Å². The third-order valence-electron chi connectivity index (χ3n) is 2.46. The van der Waals surface area contributed by atoms with Crippen LogP contribution in [-0.4, -0.2) is 9.97 Å². The van der Waals surface area contributed by atoms with Gasteiger partial charge >= 0.3 is 0 Å². The van der Waals surface area contributed by atoms with Crippen molar-refractivity contribution in [3.8, 4) is 0 Å². The Morgan fingerprint density at radius 2 is 1.76 bits per heavy atom. The summed E-state index contributed by atoms with van der Waals surface area (Å²) in [5, 5.41) is 0. The zero-order valence-electron chi connectivity index (χ0n) is 9.39. The molecule has 4 nitrogen and oxygen atoms in total. The van der Waals surface area contributed by atoms with E-state index in [2.05, 4.69) is 15.4 Å². The summed E-state index contributed by atoms with van der Waals surface area (Å²) in [5.41, 5.74) is 5.20. The van der Waals surface area contributed by atoms with Crippen LogP contribution in [0, 0.1) is 12.7 Å². The Labute approximate surface area is 98.7 Å². The molecule has 17 heavy (non-hydrogen) atoms. The minimum Gasteiger partial charge on any atom is -0.271 e. The molecular formula is C12H13FN4. The molecule has 88 valence electrons. The van der Waals surface area contributed by atoms with Crippen LogP contribution in [0.1, 0.15) is 22.7 Å². The highest BCUT2D eigenvalue weighted by Gasteiger charge is 2.13. The number of hydrogen-bond donors (Lipinski definition) is 2. The van der Waals surface area contributed by atoms with Gasteiger partial charge in [0.1, 0.15) is 5.82 Å². The van der Waals surface area contributed by atoms with Crippen molar-refractivity contribution < 1.29 is 4.39 Å². The van der Waals surface area contributed by atoms with E-state index in [1.54, 1.807) is 18.6 Å². The molecule has 5 heteroatoms. The third kappa shape index (κ3) is 2.64. The first-order chi connectivity index (χ1) is 8.20. The van der Waals surface area contributed by atoms with E-state index in [1.165, 1.54) is 6.07 Å². The van der Waals surface area contributed by atoms with E-state index >= 15 is 0 Å². The highest BCUT2D eigenvalue weighted by Crippen LogP contribution is 2.20. The molecule has 1 atom stereocenters. The van der Waals surface area contributed by atoms with Gasteiger partial charge in [0.25, 0.3) is 0 Å². The number of halogens is 1. The van der Waals surface area contributed by atoms with Crippen LogP contribution in [0.4, 0.5) is 4.39 Å². The summed E-state index contributed by atoms with van der Waals surface area (Å²) in [5.74, 6) is 5.12. The molecule has 2 aromatic heterocycles. The lowest BCUT2D eigenvalue weighted by atomic mass is 10.0. The van der Waals surface area contributed by atoms with Gasteiger partial charge < -0.3 is 0 Å². The summed E-state index contributed by atoms with van der Waals surface area (Å²) in [6.45, 7) is 1.94. The zero-order chi connectivity index (χ0) is 12.3. The molecule has 0 spiro atoms. The highest BCUT2D eigenvalue weighted by molar-refractivity contribution is 5.30. The topological polar surface area (TPSA) is 63.8 Å². The van der Waals surface area contributed by atoms with E-state index in [-0.39, 0.29) is 11.9 Å². The van der Waals surface area contributed by atoms with Crippen molar-refractivity contribution in [1.29, 1.82) is 0 Å². The second-order valence-corrected chi connectivity index (χ2v) is 3.83. The molecule has 0 radical (unpaired) electrons. The predicted octanol–water partition coefficient (Wildman–Crippen LogP) is 1.48. The summed E-state index contributed by atoms with van der Waals surface area (Å²) in [6.07, 6.45) is 6.19. The number of aromatic nitrogens is 2. The molecule has 2 rings (SSSR count). The van der Waals surface area contributed by atoms with Gasteiger partial charge in [-0.2, -0.15) is 0 Å². The van der Waals surface area contributed by atoms with E-state index in [0.29, 0.717) is 5.56 Å². The number of hydrogen-bond acceptors (Lipinski definition) is 4. The van der Waals surface area contributed by atoms with Crippen LogP contribution in [0.2, 0.25) is 0 Å². The molecule has 0 aliphatic heterocycles. The number of hydrazine groups is 1. The first-order valence-corrected chi connectivity index (χ1v) is 5.19. The van der Waals surface area contributed by atoms with Gasteiger partial charge in [-0.05, 0) is 29.7 Å². The van der Waals surface area contributed by atoms with E-state index in [0.717, 1.165) is 17.3 Å². The van der Waals surface area contributed by atoms with Crippen LogP contribution in [0.3, 0.4) is 0 Å². The standard InChI is InChI=1S/C12H13FN4/c1-8-2-9(5-15-4-8)12(17-14)10-3-11(13)7-16-6-10/h2-7,12,17H,14H2,1H3.